The molecule has 0 aliphatic heterocycles. The summed E-state index contributed by atoms with van der Waals surface area (Å²) in [6.45, 7) is 3.32. The highest BCUT2D eigenvalue weighted by Gasteiger charge is 2.40. The average molecular weight is 232 g/mol. The zero-order valence-electron chi connectivity index (χ0n) is 10.5. The first-order valence-corrected chi connectivity index (χ1v) is 6.15. The van der Waals surface area contributed by atoms with Gasteiger partial charge in [0, 0.05) is 26.1 Å². The van der Waals surface area contributed by atoms with Gasteiger partial charge in [-0.25, -0.2) is 0 Å². The summed E-state index contributed by atoms with van der Waals surface area (Å²) in [6.07, 6.45) is 1.04. The van der Waals surface area contributed by atoms with Gasteiger partial charge in [-0.05, 0) is 23.5 Å². The highest BCUT2D eigenvalue weighted by molar-refractivity contribution is 5.81. The van der Waals surface area contributed by atoms with Gasteiger partial charge in [-0.15, -0.1) is 0 Å². The normalized spacial score (nSPS) is 22.3. The molecule has 2 unspecified atom stereocenters. The van der Waals surface area contributed by atoms with Crippen molar-refractivity contribution >= 4 is 5.91 Å². The summed E-state index contributed by atoms with van der Waals surface area (Å²) in [6, 6.07) is 8.04. The highest BCUT2D eigenvalue weighted by Crippen LogP contribution is 2.39. The van der Waals surface area contributed by atoms with Crippen molar-refractivity contribution in [1.82, 2.24) is 4.90 Å². The van der Waals surface area contributed by atoms with Gasteiger partial charge in [-0.2, -0.15) is 0 Å². The van der Waals surface area contributed by atoms with Gasteiger partial charge in [0.15, 0.2) is 0 Å². The largest absolute Gasteiger partial charge is 0.341 e. The standard InChI is InChI=1S/C14H20N2O/c1-10-7-13(10)14(17)16(2)9-12-6-4-3-5-11(12)8-15/h3-6,10,13H,7-9,15H2,1-2H3. The van der Waals surface area contributed by atoms with E-state index in [0.717, 1.165) is 17.5 Å². The minimum atomic E-state index is 0.255. The van der Waals surface area contributed by atoms with E-state index in [2.05, 4.69) is 6.92 Å². The molecule has 1 saturated carbocycles. The molecule has 0 bridgehead atoms. The molecule has 0 aromatic heterocycles. The first kappa shape index (κ1) is 12.1. The number of amides is 1. The van der Waals surface area contributed by atoms with Crippen molar-refractivity contribution in [1.29, 1.82) is 0 Å². The summed E-state index contributed by atoms with van der Waals surface area (Å²) in [5.74, 6) is 1.09. The van der Waals surface area contributed by atoms with Gasteiger partial charge in [0.05, 0.1) is 0 Å². The van der Waals surface area contributed by atoms with Crippen LogP contribution in [0.3, 0.4) is 0 Å². The minimum absolute atomic E-state index is 0.255. The van der Waals surface area contributed by atoms with Crippen molar-refractivity contribution in [2.45, 2.75) is 26.4 Å². The van der Waals surface area contributed by atoms with Crippen LogP contribution in [0.1, 0.15) is 24.5 Å². The lowest BCUT2D eigenvalue weighted by atomic mass is 10.1. The molecule has 1 aliphatic rings. The molecule has 0 saturated heterocycles. The Morgan fingerprint density at radius 3 is 2.53 bits per heavy atom. The van der Waals surface area contributed by atoms with Crippen LogP contribution in [0.25, 0.3) is 0 Å². The predicted octanol–water partition coefficient (Wildman–Crippen LogP) is 1.76. The van der Waals surface area contributed by atoms with E-state index in [9.17, 15) is 4.79 Å². The fourth-order valence-electron chi connectivity index (χ4n) is 2.19. The molecule has 1 aromatic rings. The molecule has 2 atom stereocenters. The molecule has 92 valence electrons. The maximum Gasteiger partial charge on any atom is 0.226 e. The van der Waals surface area contributed by atoms with Gasteiger partial charge >= 0.3 is 0 Å². The van der Waals surface area contributed by atoms with Crippen LogP contribution < -0.4 is 5.73 Å². The third-order valence-corrected chi connectivity index (χ3v) is 3.55. The maximum absolute atomic E-state index is 12.0. The minimum Gasteiger partial charge on any atom is -0.341 e. The van der Waals surface area contributed by atoms with Crippen molar-refractivity contribution < 1.29 is 4.79 Å². The van der Waals surface area contributed by atoms with Gasteiger partial charge in [-0.1, -0.05) is 31.2 Å². The Kier molecular flexibility index (Phi) is 3.48. The number of nitrogens with two attached hydrogens (primary N) is 1. The lowest BCUT2D eigenvalue weighted by Gasteiger charge is -2.19. The van der Waals surface area contributed by atoms with E-state index in [4.69, 9.17) is 5.73 Å². The quantitative estimate of drug-likeness (QED) is 0.859. The molecular formula is C14H20N2O. The molecule has 2 N–H and O–H groups in total. The van der Waals surface area contributed by atoms with Crippen LogP contribution in [0, 0.1) is 11.8 Å². The van der Waals surface area contributed by atoms with Crippen LogP contribution in [-0.4, -0.2) is 17.9 Å². The number of hydrogen-bond donors (Lipinski definition) is 1. The van der Waals surface area contributed by atoms with Crippen molar-refractivity contribution in [3.05, 3.63) is 35.4 Å². The molecule has 0 spiro atoms. The molecule has 1 amide bonds. The second kappa shape index (κ2) is 4.88. The summed E-state index contributed by atoms with van der Waals surface area (Å²) < 4.78 is 0. The van der Waals surface area contributed by atoms with Crippen LogP contribution in [0.5, 0.6) is 0 Å². The molecule has 1 aliphatic carbocycles. The molecule has 1 fully saturated rings. The number of nitrogens with zero attached hydrogens (tertiary/aromatic N) is 1. The number of benzene rings is 1. The van der Waals surface area contributed by atoms with Gasteiger partial charge in [0.25, 0.3) is 0 Å². The lowest BCUT2D eigenvalue weighted by Crippen LogP contribution is -2.28. The molecular weight excluding hydrogens is 212 g/mol. The van der Waals surface area contributed by atoms with Crippen LogP contribution in [0.2, 0.25) is 0 Å². The fraction of sp³-hybridized carbons (Fsp3) is 0.500. The summed E-state index contributed by atoms with van der Waals surface area (Å²) in [7, 11) is 1.88. The van der Waals surface area contributed by atoms with E-state index in [1.54, 1.807) is 0 Å². The van der Waals surface area contributed by atoms with Crippen molar-refractivity contribution in [2.24, 2.45) is 17.6 Å². The maximum atomic E-state index is 12.0. The smallest absolute Gasteiger partial charge is 0.226 e. The average Bonchev–Trinajstić information content (AvgIpc) is 3.06. The van der Waals surface area contributed by atoms with Crippen LogP contribution >= 0.6 is 0 Å². The molecule has 3 nitrogen and oxygen atoms in total. The molecule has 1 aromatic carbocycles. The van der Waals surface area contributed by atoms with Crippen molar-refractivity contribution in [2.75, 3.05) is 7.05 Å². The number of rotatable bonds is 4. The van der Waals surface area contributed by atoms with E-state index < -0.39 is 0 Å². The Morgan fingerprint density at radius 1 is 1.41 bits per heavy atom. The van der Waals surface area contributed by atoms with Crippen LogP contribution in [0.15, 0.2) is 24.3 Å². The number of hydrogen-bond acceptors (Lipinski definition) is 2. The summed E-state index contributed by atoms with van der Waals surface area (Å²) in [5.41, 5.74) is 7.97. The van der Waals surface area contributed by atoms with Gasteiger partial charge in [-0.3, -0.25) is 4.79 Å². The molecule has 0 radical (unpaired) electrons. The monoisotopic (exact) mass is 232 g/mol. The zero-order valence-corrected chi connectivity index (χ0v) is 10.5. The van der Waals surface area contributed by atoms with Gasteiger partial charge in [0.1, 0.15) is 0 Å². The lowest BCUT2D eigenvalue weighted by molar-refractivity contribution is -0.132. The second-order valence-corrected chi connectivity index (χ2v) is 4.99. The van der Waals surface area contributed by atoms with E-state index in [-0.39, 0.29) is 11.8 Å². The van der Waals surface area contributed by atoms with E-state index in [1.807, 2.05) is 36.2 Å². The Bertz CT molecular complexity index is 416. The zero-order chi connectivity index (χ0) is 12.4. The molecule has 2 rings (SSSR count). The Hall–Kier alpha value is -1.35. The van der Waals surface area contributed by atoms with E-state index >= 15 is 0 Å². The Balaban J connectivity index is 2.02. The van der Waals surface area contributed by atoms with Crippen LogP contribution in [0.4, 0.5) is 0 Å². The first-order valence-electron chi connectivity index (χ1n) is 6.15. The summed E-state index contributed by atoms with van der Waals surface area (Å²) in [5, 5.41) is 0. The fourth-order valence-corrected chi connectivity index (χ4v) is 2.19. The summed E-state index contributed by atoms with van der Waals surface area (Å²) >= 11 is 0. The topological polar surface area (TPSA) is 46.3 Å². The number of carbonyl (C=O) groups excluding carboxylic acids is 1. The Labute approximate surface area is 103 Å². The van der Waals surface area contributed by atoms with Gasteiger partial charge < -0.3 is 10.6 Å². The van der Waals surface area contributed by atoms with Crippen molar-refractivity contribution in [3.63, 3.8) is 0 Å². The highest BCUT2D eigenvalue weighted by atomic mass is 16.2. The molecule has 3 heteroatoms. The SMILES string of the molecule is CC1CC1C(=O)N(C)Cc1ccccc1CN. The number of carbonyl (C=O) groups is 1. The van der Waals surface area contributed by atoms with Gasteiger partial charge in [0.2, 0.25) is 5.91 Å². The third kappa shape index (κ3) is 2.67. The predicted molar refractivity (Wildman–Crippen MR) is 68.1 cm³/mol. The second-order valence-electron chi connectivity index (χ2n) is 4.99. The van der Waals surface area contributed by atoms with E-state index in [1.165, 1.54) is 0 Å². The summed E-state index contributed by atoms with van der Waals surface area (Å²) in [4.78, 5) is 13.8. The van der Waals surface area contributed by atoms with E-state index in [0.29, 0.717) is 19.0 Å². The van der Waals surface area contributed by atoms with Crippen molar-refractivity contribution in [3.8, 4) is 0 Å². The third-order valence-electron chi connectivity index (χ3n) is 3.55. The molecule has 17 heavy (non-hydrogen) atoms. The Morgan fingerprint density at radius 2 is 2.00 bits per heavy atom. The van der Waals surface area contributed by atoms with Crippen LogP contribution in [-0.2, 0) is 17.9 Å². The molecule has 0 heterocycles. The first-order chi connectivity index (χ1) is 8.13.